The first-order chi connectivity index (χ1) is 18.1. The molecule has 0 atom stereocenters. The second kappa shape index (κ2) is 9.64. The number of nitrogens with two attached hydrogens (primary N) is 1. The molecule has 0 aliphatic heterocycles. The molecule has 192 valence electrons. The smallest absolute Gasteiger partial charge is 0.198 e. The maximum absolute atomic E-state index is 15.0. The average Bonchev–Trinajstić information content (AvgIpc) is 3.51. The summed E-state index contributed by atoms with van der Waals surface area (Å²) in [5.74, 6) is -1.04. The van der Waals surface area contributed by atoms with Crippen molar-refractivity contribution >= 4 is 21.3 Å². The number of benzene rings is 2. The van der Waals surface area contributed by atoms with Crippen molar-refractivity contribution in [1.82, 2.24) is 29.4 Å². The SMILES string of the molecule is CS(=O)(=O)CCn1cc(-c2cccc(F)c2Cc2nc3c(N)nc(-c4cccc(C#N)c4F)cn3n2)cn1. The van der Waals surface area contributed by atoms with Gasteiger partial charge in [-0.05, 0) is 23.8 Å². The fourth-order valence-corrected chi connectivity index (χ4v) is 4.55. The van der Waals surface area contributed by atoms with Gasteiger partial charge in [0.1, 0.15) is 27.5 Å². The molecule has 5 rings (SSSR count). The monoisotopic (exact) mass is 534 g/mol. The number of fused-ring (bicyclic) bond motifs is 1. The van der Waals surface area contributed by atoms with Gasteiger partial charge in [-0.1, -0.05) is 18.2 Å². The summed E-state index contributed by atoms with van der Waals surface area (Å²) < 4.78 is 55.5. The zero-order valence-corrected chi connectivity index (χ0v) is 20.8. The van der Waals surface area contributed by atoms with E-state index in [2.05, 4.69) is 20.2 Å². The van der Waals surface area contributed by atoms with Crippen LogP contribution in [0.4, 0.5) is 14.6 Å². The summed E-state index contributed by atoms with van der Waals surface area (Å²) in [5, 5.41) is 17.7. The Morgan fingerprint density at radius 3 is 2.61 bits per heavy atom. The summed E-state index contributed by atoms with van der Waals surface area (Å²) in [4.78, 5) is 8.63. The average molecular weight is 535 g/mol. The molecule has 0 spiro atoms. The molecule has 2 aromatic carbocycles. The lowest BCUT2D eigenvalue weighted by molar-refractivity contribution is 0.586. The fourth-order valence-electron chi connectivity index (χ4n) is 4.03. The van der Waals surface area contributed by atoms with Gasteiger partial charge in [0, 0.05) is 35.6 Å². The van der Waals surface area contributed by atoms with Crippen molar-refractivity contribution in [3.05, 3.63) is 83.6 Å². The molecule has 10 nitrogen and oxygen atoms in total. The first-order valence-corrected chi connectivity index (χ1v) is 13.4. The summed E-state index contributed by atoms with van der Waals surface area (Å²) in [5.41, 5.74) is 7.88. The highest BCUT2D eigenvalue weighted by atomic mass is 32.2. The van der Waals surface area contributed by atoms with E-state index in [1.54, 1.807) is 24.4 Å². The number of nitrogens with zero attached hydrogens (tertiary/aromatic N) is 7. The number of hydrogen-bond acceptors (Lipinski definition) is 8. The molecular formula is C25H20F2N8O2S. The molecule has 5 aromatic rings. The molecule has 0 unspecified atom stereocenters. The molecule has 0 amide bonds. The molecule has 13 heteroatoms. The Morgan fingerprint density at radius 2 is 1.84 bits per heavy atom. The quantitative estimate of drug-likeness (QED) is 0.335. The van der Waals surface area contributed by atoms with Crippen LogP contribution < -0.4 is 5.73 Å². The van der Waals surface area contributed by atoms with E-state index in [1.165, 1.54) is 45.9 Å². The van der Waals surface area contributed by atoms with Crippen LogP contribution in [0.15, 0.2) is 55.0 Å². The van der Waals surface area contributed by atoms with E-state index < -0.39 is 21.5 Å². The van der Waals surface area contributed by atoms with Crippen molar-refractivity contribution < 1.29 is 17.2 Å². The predicted molar refractivity (Wildman–Crippen MR) is 135 cm³/mol. The van der Waals surface area contributed by atoms with Crippen LogP contribution >= 0.6 is 0 Å². The summed E-state index contributed by atoms with van der Waals surface area (Å²) >= 11 is 0. The van der Waals surface area contributed by atoms with Crippen LogP contribution in [-0.2, 0) is 22.8 Å². The minimum absolute atomic E-state index is 0.00522. The van der Waals surface area contributed by atoms with Crippen molar-refractivity contribution in [3.8, 4) is 28.5 Å². The van der Waals surface area contributed by atoms with E-state index in [0.29, 0.717) is 16.7 Å². The number of nitriles is 1. The third kappa shape index (κ3) is 4.94. The van der Waals surface area contributed by atoms with Crippen LogP contribution in [0.3, 0.4) is 0 Å². The molecule has 0 saturated carbocycles. The molecule has 0 radical (unpaired) electrons. The van der Waals surface area contributed by atoms with Crippen LogP contribution in [-0.4, -0.2) is 49.8 Å². The minimum Gasteiger partial charge on any atom is -0.381 e. The van der Waals surface area contributed by atoms with E-state index in [4.69, 9.17) is 11.0 Å². The Labute approximate surface area is 215 Å². The maximum Gasteiger partial charge on any atom is 0.198 e. The van der Waals surface area contributed by atoms with E-state index in [-0.39, 0.29) is 52.8 Å². The Balaban J connectivity index is 1.49. The molecule has 0 saturated heterocycles. The molecule has 38 heavy (non-hydrogen) atoms. The Hall–Kier alpha value is -4.70. The summed E-state index contributed by atoms with van der Waals surface area (Å²) in [6.07, 6.45) is 5.78. The zero-order valence-electron chi connectivity index (χ0n) is 20.0. The Kier molecular flexibility index (Phi) is 6.33. The van der Waals surface area contributed by atoms with Crippen LogP contribution in [0.25, 0.3) is 28.0 Å². The minimum atomic E-state index is -3.17. The van der Waals surface area contributed by atoms with Gasteiger partial charge < -0.3 is 5.73 Å². The standard InChI is InChI=1S/C25H20F2N8O2S/c1-38(36,37)9-8-34-13-16(12-30-34)17-5-3-7-20(26)19(17)10-22-32-25-24(29)31-21(14-35(25)33-22)18-6-2-4-15(11-28)23(18)27/h2-7,12-14H,8-10H2,1H3,(H2,29,31). The fraction of sp³-hybridized carbons (Fsp3) is 0.160. The number of hydrogen-bond donors (Lipinski definition) is 1. The van der Waals surface area contributed by atoms with Crippen molar-refractivity contribution in [1.29, 1.82) is 5.26 Å². The van der Waals surface area contributed by atoms with Gasteiger partial charge in [0.05, 0.1) is 35.9 Å². The first kappa shape index (κ1) is 25.0. The molecule has 0 bridgehead atoms. The number of sulfone groups is 1. The molecular weight excluding hydrogens is 514 g/mol. The normalized spacial score (nSPS) is 11.6. The molecule has 3 aromatic heterocycles. The Morgan fingerprint density at radius 1 is 1.08 bits per heavy atom. The van der Waals surface area contributed by atoms with Crippen LogP contribution in [0, 0.1) is 23.0 Å². The largest absolute Gasteiger partial charge is 0.381 e. The van der Waals surface area contributed by atoms with Gasteiger partial charge in [-0.15, -0.1) is 0 Å². The van der Waals surface area contributed by atoms with E-state index >= 15 is 0 Å². The number of rotatable bonds is 7. The molecule has 3 heterocycles. The molecule has 2 N–H and O–H groups in total. The number of aromatic nitrogens is 6. The first-order valence-electron chi connectivity index (χ1n) is 11.3. The zero-order chi connectivity index (χ0) is 27.0. The second-order valence-electron chi connectivity index (χ2n) is 8.65. The Bertz CT molecular complexity index is 1840. The third-order valence-corrected chi connectivity index (χ3v) is 6.80. The number of anilines is 1. The molecule has 0 aliphatic rings. The van der Waals surface area contributed by atoms with E-state index in [1.807, 2.05) is 0 Å². The van der Waals surface area contributed by atoms with Gasteiger partial charge in [-0.3, -0.25) is 4.68 Å². The van der Waals surface area contributed by atoms with Gasteiger partial charge in [-0.25, -0.2) is 31.7 Å². The number of aryl methyl sites for hydroxylation is 1. The molecule has 0 aliphatic carbocycles. The van der Waals surface area contributed by atoms with Gasteiger partial charge in [0.25, 0.3) is 0 Å². The highest BCUT2D eigenvalue weighted by Gasteiger charge is 2.18. The lowest BCUT2D eigenvalue weighted by atomic mass is 9.99. The van der Waals surface area contributed by atoms with E-state index in [9.17, 15) is 17.2 Å². The predicted octanol–water partition coefficient (Wildman–Crippen LogP) is 3.02. The van der Waals surface area contributed by atoms with Crippen molar-refractivity contribution in [2.45, 2.75) is 13.0 Å². The number of nitrogen functional groups attached to an aromatic ring is 1. The van der Waals surface area contributed by atoms with Crippen LogP contribution in [0.1, 0.15) is 17.0 Å². The highest BCUT2D eigenvalue weighted by Crippen LogP contribution is 2.29. The van der Waals surface area contributed by atoms with Crippen molar-refractivity contribution in [2.75, 3.05) is 17.7 Å². The summed E-state index contributed by atoms with van der Waals surface area (Å²) in [7, 11) is -3.17. The van der Waals surface area contributed by atoms with Gasteiger partial charge in [-0.2, -0.15) is 15.5 Å². The van der Waals surface area contributed by atoms with Crippen LogP contribution in [0.2, 0.25) is 0 Å². The van der Waals surface area contributed by atoms with Gasteiger partial charge in [0.2, 0.25) is 0 Å². The van der Waals surface area contributed by atoms with Crippen molar-refractivity contribution in [3.63, 3.8) is 0 Å². The topological polar surface area (TPSA) is 145 Å². The van der Waals surface area contributed by atoms with Gasteiger partial charge >= 0.3 is 0 Å². The summed E-state index contributed by atoms with van der Waals surface area (Å²) in [6.45, 7) is 0.171. The van der Waals surface area contributed by atoms with Crippen molar-refractivity contribution in [2.24, 2.45) is 0 Å². The maximum atomic E-state index is 15.0. The summed E-state index contributed by atoms with van der Waals surface area (Å²) in [6, 6.07) is 10.8. The number of halogens is 2. The van der Waals surface area contributed by atoms with Crippen LogP contribution in [0.5, 0.6) is 0 Å². The second-order valence-corrected chi connectivity index (χ2v) is 10.9. The lowest BCUT2D eigenvalue weighted by Gasteiger charge is -2.07. The lowest BCUT2D eigenvalue weighted by Crippen LogP contribution is -2.11. The highest BCUT2D eigenvalue weighted by molar-refractivity contribution is 7.90. The molecule has 0 fully saturated rings. The van der Waals surface area contributed by atoms with E-state index in [0.717, 1.165) is 6.26 Å². The van der Waals surface area contributed by atoms with Gasteiger partial charge in [0.15, 0.2) is 17.3 Å². The third-order valence-electron chi connectivity index (χ3n) is 5.87.